The molecule has 1 heterocycles. The molecule has 0 radical (unpaired) electrons. The smallest absolute Gasteiger partial charge is 0.234 e. The van der Waals surface area contributed by atoms with Crippen molar-refractivity contribution in [2.75, 3.05) is 20.1 Å². The molecule has 1 fully saturated rings. The van der Waals surface area contributed by atoms with Crippen LogP contribution in [0.1, 0.15) is 24.8 Å². The lowest BCUT2D eigenvalue weighted by Gasteiger charge is -2.22. The van der Waals surface area contributed by atoms with Crippen molar-refractivity contribution >= 4 is 5.91 Å². The second-order valence-electron chi connectivity index (χ2n) is 5.59. The quantitative estimate of drug-likeness (QED) is 0.807. The number of amides is 1. The average molecular weight is 277 g/mol. The Bertz CT molecular complexity index is 424. The van der Waals surface area contributed by atoms with Crippen molar-refractivity contribution in [1.82, 2.24) is 15.2 Å². The van der Waals surface area contributed by atoms with E-state index in [-0.39, 0.29) is 12.0 Å². The van der Waals surface area contributed by atoms with Gasteiger partial charge in [-0.1, -0.05) is 12.5 Å². The standard InChI is InChI=1S/C15H23N3O2/c1-18(10-13-5-2-6-14(13)19)11-15(20)17-9-12-4-3-7-16-8-12/h3-4,7-8,13-14,19H,2,5-6,9-11H2,1H3,(H,17,20). The van der Waals surface area contributed by atoms with E-state index in [4.69, 9.17) is 0 Å². The maximum atomic E-state index is 11.8. The van der Waals surface area contributed by atoms with Gasteiger partial charge in [-0.3, -0.25) is 14.7 Å². The molecule has 1 saturated carbocycles. The number of aliphatic hydroxyl groups is 1. The van der Waals surface area contributed by atoms with Crippen LogP contribution in [0.3, 0.4) is 0 Å². The SMILES string of the molecule is CN(CC(=O)NCc1cccnc1)CC1CCCC1O. The van der Waals surface area contributed by atoms with Crippen molar-refractivity contribution in [3.63, 3.8) is 0 Å². The van der Waals surface area contributed by atoms with Crippen molar-refractivity contribution < 1.29 is 9.90 Å². The minimum Gasteiger partial charge on any atom is -0.393 e. The van der Waals surface area contributed by atoms with Crippen LogP contribution in [0.4, 0.5) is 0 Å². The summed E-state index contributed by atoms with van der Waals surface area (Å²) < 4.78 is 0. The van der Waals surface area contributed by atoms with E-state index in [1.807, 2.05) is 24.1 Å². The first-order valence-electron chi connectivity index (χ1n) is 7.17. The van der Waals surface area contributed by atoms with Crippen LogP contribution in [-0.4, -0.2) is 47.1 Å². The van der Waals surface area contributed by atoms with E-state index in [1.165, 1.54) is 0 Å². The summed E-state index contributed by atoms with van der Waals surface area (Å²) in [6.07, 6.45) is 6.31. The molecule has 5 nitrogen and oxygen atoms in total. The monoisotopic (exact) mass is 277 g/mol. The highest BCUT2D eigenvalue weighted by atomic mass is 16.3. The Morgan fingerprint density at radius 3 is 3.05 bits per heavy atom. The second-order valence-corrected chi connectivity index (χ2v) is 5.59. The van der Waals surface area contributed by atoms with Crippen LogP contribution in [-0.2, 0) is 11.3 Å². The highest BCUT2D eigenvalue weighted by Crippen LogP contribution is 2.25. The summed E-state index contributed by atoms with van der Waals surface area (Å²) in [4.78, 5) is 17.8. The highest BCUT2D eigenvalue weighted by Gasteiger charge is 2.26. The van der Waals surface area contributed by atoms with E-state index in [0.29, 0.717) is 19.0 Å². The van der Waals surface area contributed by atoms with Gasteiger partial charge in [0.25, 0.3) is 0 Å². The van der Waals surface area contributed by atoms with Crippen molar-refractivity contribution in [3.05, 3.63) is 30.1 Å². The molecule has 2 atom stereocenters. The van der Waals surface area contributed by atoms with E-state index in [1.54, 1.807) is 12.4 Å². The number of likely N-dealkylation sites (N-methyl/N-ethyl adjacent to an activating group) is 1. The molecule has 0 spiro atoms. The molecule has 2 unspecified atom stereocenters. The van der Waals surface area contributed by atoms with Crippen molar-refractivity contribution in [2.24, 2.45) is 5.92 Å². The van der Waals surface area contributed by atoms with Gasteiger partial charge < -0.3 is 10.4 Å². The van der Waals surface area contributed by atoms with Crippen LogP contribution in [0.15, 0.2) is 24.5 Å². The number of rotatable bonds is 6. The average Bonchev–Trinajstić information content (AvgIpc) is 2.83. The fourth-order valence-electron chi connectivity index (χ4n) is 2.70. The van der Waals surface area contributed by atoms with E-state index < -0.39 is 0 Å². The molecule has 0 bridgehead atoms. The van der Waals surface area contributed by atoms with Crippen molar-refractivity contribution in [3.8, 4) is 0 Å². The minimum absolute atomic E-state index is 0.00356. The van der Waals surface area contributed by atoms with Crippen LogP contribution in [0.5, 0.6) is 0 Å². The molecule has 2 N–H and O–H groups in total. The van der Waals surface area contributed by atoms with E-state index in [0.717, 1.165) is 31.4 Å². The molecule has 2 rings (SSSR count). The number of carbonyl (C=O) groups is 1. The van der Waals surface area contributed by atoms with E-state index >= 15 is 0 Å². The molecule has 1 aromatic rings. The normalized spacial score (nSPS) is 22.1. The van der Waals surface area contributed by atoms with Gasteiger partial charge in [0, 0.05) is 25.5 Å². The molecule has 0 aromatic carbocycles. The van der Waals surface area contributed by atoms with Gasteiger partial charge in [-0.05, 0) is 37.4 Å². The van der Waals surface area contributed by atoms with Crippen LogP contribution in [0, 0.1) is 5.92 Å². The lowest BCUT2D eigenvalue weighted by atomic mass is 10.1. The zero-order valence-electron chi connectivity index (χ0n) is 12.0. The minimum atomic E-state index is -0.198. The van der Waals surface area contributed by atoms with Crippen LogP contribution in [0.25, 0.3) is 0 Å². The van der Waals surface area contributed by atoms with E-state index in [9.17, 15) is 9.90 Å². The number of hydrogen-bond donors (Lipinski definition) is 2. The molecule has 0 saturated heterocycles. The first-order chi connectivity index (χ1) is 9.65. The molecule has 5 heteroatoms. The summed E-state index contributed by atoms with van der Waals surface area (Å²) in [7, 11) is 1.93. The molecule has 1 aromatic heterocycles. The summed E-state index contributed by atoms with van der Waals surface area (Å²) in [6.45, 7) is 1.65. The Kier molecular flexibility index (Phi) is 5.49. The Labute approximate surface area is 120 Å². The number of nitrogens with zero attached hydrogens (tertiary/aromatic N) is 2. The Morgan fingerprint density at radius 1 is 1.55 bits per heavy atom. The van der Waals surface area contributed by atoms with Crippen LogP contribution < -0.4 is 5.32 Å². The number of hydrogen-bond acceptors (Lipinski definition) is 4. The summed E-state index contributed by atoms with van der Waals surface area (Å²) in [5.74, 6) is 0.315. The van der Waals surface area contributed by atoms with Crippen LogP contribution >= 0.6 is 0 Å². The van der Waals surface area contributed by atoms with E-state index in [2.05, 4.69) is 10.3 Å². The summed E-state index contributed by atoms with van der Waals surface area (Å²) in [6, 6.07) is 3.79. The summed E-state index contributed by atoms with van der Waals surface area (Å²) in [5.41, 5.74) is 0.995. The summed E-state index contributed by atoms with van der Waals surface area (Å²) in [5, 5.41) is 12.7. The highest BCUT2D eigenvalue weighted by molar-refractivity contribution is 5.77. The third kappa shape index (κ3) is 4.58. The van der Waals surface area contributed by atoms with Gasteiger partial charge in [0.1, 0.15) is 0 Å². The zero-order valence-corrected chi connectivity index (χ0v) is 12.0. The number of aliphatic hydroxyl groups excluding tert-OH is 1. The lowest BCUT2D eigenvalue weighted by molar-refractivity contribution is -0.122. The zero-order chi connectivity index (χ0) is 14.4. The second kappa shape index (κ2) is 7.36. The Hall–Kier alpha value is -1.46. The predicted octanol–water partition coefficient (Wildman–Crippen LogP) is 0.791. The van der Waals surface area contributed by atoms with Gasteiger partial charge in [-0.2, -0.15) is 0 Å². The number of pyridine rings is 1. The van der Waals surface area contributed by atoms with Gasteiger partial charge in [0.2, 0.25) is 5.91 Å². The van der Waals surface area contributed by atoms with Crippen molar-refractivity contribution in [1.29, 1.82) is 0 Å². The van der Waals surface area contributed by atoms with Gasteiger partial charge in [-0.25, -0.2) is 0 Å². The van der Waals surface area contributed by atoms with Gasteiger partial charge in [0.15, 0.2) is 0 Å². The maximum absolute atomic E-state index is 11.8. The van der Waals surface area contributed by atoms with Gasteiger partial charge >= 0.3 is 0 Å². The number of nitrogens with one attached hydrogen (secondary N) is 1. The van der Waals surface area contributed by atoms with Gasteiger partial charge in [-0.15, -0.1) is 0 Å². The maximum Gasteiger partial charge on any atom is 0.234 e. The van der Waals surface area contributed by atoms with Gasteiger partial charge in [0.05, 0.1) is 12.6 Å². The molecule has 110 valence electrons. The molecule has 1 aliphatic rings. The number of aromatic nitrogens is 1. The first-order valence-corrected chi connectivity index (χ1v) is 7.17. The fourth-order valence-corrected chi connectivity index (χ4v) is 2.70. The third-order valence-electron chi connectivity index (χ3n) is 3.79. The Balaban J connectivity index is 1.68. The largest absolute Gasteiger partial charge is 0.393 e. The molecular weight excluding hydrogens is 254 g/mol. The number of carbonyl (C=O) groups excluding carboxylic acids is 1. The molecule has 1 aliphatic carbocycles. The lowest BCUT2D eigenvalue weighted by Crippen LogP contribution is -2.38. The van der Waals surface area contributed by atoms with Crippen molar-refractivity contribution in [2.45, 2.75) is 31.9 Å². The predicted molar refractivity (Wildman–Crippen MR) is 76.9 cm³/mol. The molecule has 0 aliphatic heterocycles. The topological polar surface area (TPSA) is 65.5 Å². The Morgan fingerprint density at radius 2 is 2.40 bits per heavy atom. The molecular formula is C15H23N3O2. The summed E-state index contributed by atoms with van der Waals surface area (Å²) >= 11 is 0. The van der Waals surface area contributed by atoms with Crippen LogP contribution in [0.2, 0.25) is 0 Å². The fraction of sp³-hybridized carbons (Fsp3) is 0.600. The molecule has 20 heavy (non-hydrogen) atoms. The third-order valence-corrected chi connectivity index (χ3v) is 3.79. The molecule has 1 amide bonds. The first kappa shape index (κ1) is 14.9.